The fraction of sp³-hybridized carbons (Fsp3) is 0.214. The van der Waals surface area contributed by atoms with Gasteiger partial charge < -0.3 is 10.1 Å². The van der Waals surface area contributed by atoms with Gasteiger partial charge in [0.05, 0.1) is 11.6 Å². The summed E-state index contributed by atoms with van der Waals surface area (Å²) in [7, 11) is 0. The van der Waals surface area contributed by atoms with Crippen LogP contribution in [0.15, 0.2) is 24.4 Å². The van der Waals surface area contributed by atoms with Crippen molar-refractivity contribution in [2.75, 3.05) is 0 Å². The summed E-state index contributed by atoms with van der Waals surface area (Å²) in [6.07, 6.45) is 2.10. The lowest BCUT2D eigenvalue weighted by Gasteiger charge is -1.98. The second-order valence-electron chi connectivity index (χ2n) is 4.24. The molecule has 0 amide bonds. The van der Waals surface area contributed by atoms with Gasteiger partial charge in [0.1, 0.15) is 0 Å². The van der Waals surface area contributed by atoms with Crippen molar-refractivity contribution in [3.05, 3.63) is 35.5 Å². The first-order valence-corrected chi connectivity index (χ1v) is 5.88. The summed E-state index contributed by atoms with van der Waals surface area (Å²) in [6, 6.07) is 7.12. The van der Waals surface area contributed by atoms with E-state index in [-0.39, 0.29) is 18.6 Å². The number of rotatable bonds is 5. The van der Waals surface area contributed by atoms with Crippen LogP contribution in [0.4, 0.5) is 0 Å². The molecule has 1 heterocycles. The van der Waals surface area contributed by atoms with Crippen LogP contribution in [0.1, 0.15) is 35.2 Å². The van der Waals surface area contributed by atoms with Gasteiger partial charge >= 0.3 is 5.97 Å². The largest absolute Gasteiger partial charge is 0.481 e. The van der Waals surface area contributed by atoms with Gasteiger partial charge in [-0.3, -0.25) is 9.59 Å². The van der Waals surface area contributed by atoms with Crippen molar-refractivity contribution >= 4 is 22.7 Å². The molecule has 0 radical (unpaired) electrons. The summed E-state index contributed by atoms with van der Waals surface area (Å²) in [4.78, 5) is 25.4. The van der Waals surface area contributed by atoms with Crippen molar-refractivity contribution in [2.45, 2.75) is 19.3 Å². The minimum atomic E-state index is -0.904. The fourth-order valence-electron chi connectivity index (χ4n) is 1.96. The Labute approximate surface area is 109 Å². The highest BCUT2D eigenvalue weighted by Crippen LogP contribution is 2.21. The van der Waals surface area contributed by atoms with Crippen LogP contribution in [0.5, 0.6) is 0 Å². The van der Waals surface area contributed by atoms with Crippen molar-refractivity contribution in [1.29, 1.82) is 5.26 Å². The molecule has 0 aliphatic heterocycles. The maximum atomic E-state index is 12.0. The molecule has 0 saturated heterocycles. The Morgan fingerprint density at radius 1 is 1.32 bits per heavy atom. The number of hydrogen-bond donors (Lipinski definition) is 2. The molecule has 0 bridgehead atoms. The zero-order valence-electron chi connectivity index (χ0n) is 10.1. The lowest BCUT2D eigenvalue weighted by molar-refractivity contribution is -0.137. The number of aliphatic carboxylic acids is 1. The highest BCUT2D eigenvalue weighted by atomic mass is 16.4. The van der Waals surface area contributed by atoms with Crippen LogP contribution in [0.2, 0.25) is 0 Å². The highest BCUT2D eigenvalue weighted by Gasteiger charge is 2.12. The van der Waals surface area contributed by atoms with Crippen LogP contribution in [0, 0.1) is 11.3 Å². The number of ketones is 1. The summed E-state index contributed by atoms with van der Waals surface area (Å²) >= 11 is 0. The number of carbonyl (C=O) groups is 2. The molecule has 0 aliphatic carbocycles. The van der Waals surface area contributed by atoms with E-state index in [4.69, 9.17) is 10.4 Å². The number of aromatic amines is 1. The predicted octanol–water partition coefficient (Wildman–Crippen LogP) is 2.48. The molecule has 5 nitrogen and oxygen atoms in total. The van der Waals surface area contributed by atoms with Gasteiger partial charge in [-0.1, -0.05) is 0 Å². The van der Waals surface area contributed by atoms with Gasteiger partial charge in [-0.2, -0.15) is 5.26 Å². The van der Waals surface area contributed by atoms with E-state index in [1.54, 1.807) is 24.4 Å². The predicted molar refractivity (Wildman–Crippen MR) is 68.8 cm³/mol. The quantitative estimate of drug-likeness (QED) is 0.803. The number of nitriles is 1. The molecule has 2 aromatic rings. The lowest BCUT2D eigenvalue weighted by Crippen LogP contribution is -2.01. The average Bonchev–Trinajstić information content (AvgIpc) is 2.80. The number of Topliss-reactive ketones (excluding diaryl/α,β-unsaturated/α-hetero) is 1. The smallest absolute Gasteiger partial charge is 0.303 e. The summed E-state index contributed by atoms with van der Waals surface area (Å²) < 4.78 is 0. The van der Waals surface area contributed by atoms with Crippen LogP contribution in [0.25, 0.3) is 10.9 Å². The third kappa shape index (κ3) is 2.80. The monoisotopic (exact) mass is 256 g/mol. The molecule has 0 saturated carbocycles. The summed E-state index contributed by atoms with van der Waals surface area (Å²) in [5.74, 6) is -1.01. The van der Waals surface area contributed by atoms with Crippen LogP contribution in [0.3, 0.4) is 0 Å². The molecule has 0 fully saturated rings. The van der Waals surface area contributed by atoms with Crippen molar-refractivity contribution in [3.63, 3.8) is 0 Å². The molecule has 0 spiro atoms. The first-order chi connectivity index (χ1) is 9.11. The van der Waals surface area contributed by atoms with Crippen molar-refractivity contribution < 1.29 is 14.7 Å². The fourth-order valence-corrected chi connectivity index (χ4v) is 1.96. The molecule has 1 aromatic heterocycles. The average molecular weight is 256 g/mol. The Morgan fingerprint density at radius 2 is 2.11 bits per heavy atom. The van der Waals surface area contributed by atoms with Gasteiger partial charge in [0.25, 0.3) is 0 Å². The maximum Gasteiger partial charge on any atom is 0.303 e. The van der Waals surface area contributed by atoms with E-state index < -0.39 is 5.97 Å². The number of aromatic nitrogens is 1. The Bertz CT molecular complexity index is 680. The number of hydrogen-bond acceptors (Lipinski definition) is 3. The van der Waals surface area contributed by atoms with E-state index in [1.807, 2.05) is 6.07 Å². The minimum Gasteiger partial charge on any atom is -0.481 e. The number of carbonyl (C=O) groups excluding carboxylic acids is 1. The van der Waals surface area contributed by atoms with Crippen LogP contribution >= 0.6 is 0 Å². The summed E-state index contributed by atoms with van der Waals surface area (Å²) in [5, 5.41) is 18.1. The number of carboxylic acids is 1. The Morgan fingerprint density at radius 3 is 2.79 bits per heavy atom. The molecule has 19 heavy (non-hydrogen) atoms. The van der Waals surface area contributed by atoms with Crippen LogP contribution in [-0.2, 0) is 4.79 Å². The number of benzene rings is 1. The third-order valence-electron chi connectivity index (χ3n) is 2.91. The number of nitrogens with zero attached hydrogens (tertiary/aromatic N) is 1. The molecule has 2 rings (SSSR count). The number of H-pyrrole nitrogens is 1. The molecular weight excluding hydrogens is 244 g/mol. The number of nitrogens with one attached hydrogen (secondary N) is 1. The molecular formula is C14H12N2O3. The van der Waals surface area contributed by atoms with Gasteiger partial charge in [0, 0.05) is 35.5 Å². The van der Waals surface area contributed by atoms with Crippen molar-refractivity contribution in [1.82, 2.24) is 4.98 Å². The number of carboxylic acid groups (broad SMARTS) is 1. The topological polar surface area (TPSA) is 94.0 Å². The van der Waals surface area contributed by atoms with Crippen molar-refractivity contribution in [3.8, 4) is 6.07 Å². The molecule has 1 aromatic carbocycles. The third-order valence-corrected chi connectivity index (χ3v) is 2.91. The molecule has 0 atom stereocenters. The molecule has 0 aliphatic rings. The second-order valence-corrected chi connectivity index (χ2v) is 4.24. The van der Waals surface area contributed by atoms with Crippen LogP contribution < -0.4 is 0 Å². The maximum absolute atomic E-state index is 12.0. The summed E-state index contributed by atoms with van der Waals surface area (Å²) in [6.45, 7) is 0. The first-order valence-electron chi connectivity index (χ1n) is 5.88. The number of fused-ring (bicyclic) bond motifs is 1. The van der Waals surface area contributed by atoms with Gasteiger partial charge in [-0.25, -0.2) is 0 Å². The van der Waals surface area contributed by atoms with E-state index in [2.05, 4.69) is 4.98 Å². The van der Waals surface area contributed by atoms with E-state index in [9.17, 15) is 9.59 Å². The standard InChI is InChI=1S/C14H12N2O3/c15-7-9-4-5-12-10(6-9)11(8-16-12)13(17)2-1-3-14(18)19/h4-6,8,16H,1-3H2,(H,18,19). The zero-order valence-corrected chi connectivity index (χ0v) is 10.1. The lowest BCUT2D eigenvalue weighted by atomic mass is 10.0. The minimum absolute atomic E-state index is 0.0163. The molecule has 2 N–H and O–H groups in total. The Hall–Kier alpha value is -2.61. The normalized spacial score (nSPS) is 10.3. The first kappa shape index (κ1) is 12.8. The van der Waals surface area contributed by atoms with Crippen LogP contribution in [-0.4, -0.2) is 21.8 Å². The van der Waals surface area contributed by atoms with Gasteiger partial charge in [0.15, 0.2) is 5.78 Å². The molecule has 96 valence electrons. The molecule has 5 heteroatoms. The van der Waals surface area contributed by atoms with Gasteiger partial charge in [-0.15, -0.1) is 0 Å². The van der Waals surface area contributed by atoms with Crippen molar-refractivity contribution in [2.24, 2.45) is 0 Å². The SMILES string of the molecule is N#Cc1ccc2[nH]cc(C(=O)CCCC(=O)O)c2c1. The second kappa shape index (κ2) is 5.36. The van der Waals surface area contributed by atoms with E-state index >= 15 is 0 Å². The van der Waals surface area contributed by atoms with E-state index in [0.29, 0.717) is 22.9 Å². The Balaban J connectivity index is 2.22. The van der Waals surface area contributed by atoms with E-state index in [1.165, 1.54) is 0 Å². The molecule has 0 unspecified atom stereocenters. The van der Waals surface area contributed by atoms with E-state index in [0.717, 1.165) is 5.52 Å². The zero-order chi connectivity index (χ0) is 13.8. The highest BCUT2D eigenvalue weighted by molar-refractivity contribution is 6.08. The van der Waals surface area contributed by atoms with Gasteiger partial charge in [0.2, 0.25) is 0 Å². The van der Waals surface area contributed by atoms with Gasteiger partial charge in [-0.05, 0) is 24.6 Å². The summed E-state index contributed by atoms with van der Waals surface area (Å²) in [5.41, 5.74) is 1.80. The Kier molecular flexibility index (Phi) is 3.62.